The number of nitrogens with zero attached hydrogens (tertiary/aromatic N) is 2. The fourth-order valence-electron chi connectivity index (χ4n) is 2.98. The van der Waals surface area contributed by atoms with Crippen LogP contribution in [0.15, 0.2) is 59.5 Å². The first kappa shape index (κ1) is 22.7. The fourth-order valence-corrected chi connectivity index (χ4v) is 4.39. The van der Waals surface area contributed by atoms with E-state index < -0.39 is 9.84 Å². The summed E-state index contributed by atoms with van der Waals surface area (Å²) in [5, 5.41) is 9.67. The number of carbonyl (C=O) groups excluding carboxylic acids is 1. The Labute approximate surface area is 186 Å². The SMILES string of the molecule is CCOc1ccc(-c2n[nH]c(=S)n2CCC(=O)NCCS(=O)(=O)c2ccccc2)cc1. The molecular formula is C21H24N4O4S2. The number of aromatic nitrogens is 3. The maximum Gasteiger partial charge on any atom is 0.221 e. The van der Waals surface area contributed by atoms with Crippen LogP contribution in [-0.2, 0) is 21.2 Å². The largest absolute Gasteiger partial charge is 0.494 e. The van der Waals surface area contributed by atoms with Crippen LogP contribution in [0.3, 0.4) is 0 Å². The lowest BCUT2D eigenvalue weighted by Gasteiger charge is -2.09. The van der Waals surface area contributed by atoms with Crippen LogP contribution in [-0.4, -0.2) is 48.0 Å². The Morgan fingerprint density at radius 3 is 2.55 bits per heavy atom. The molecule has 0 saturated heterocycles. The smallest absolute Gasteiger partial charge is 0.221 e. The number of nitrogens with one attached hydrogen (secondary N) is 2. The van der Waals surface area contributed by atoms with Gasteiger partial charge >= 0.3 is 0 Å². The Morgan fingerprint density at radius 1 is 1.16 bits per heavy atom. The molecular weight excluding hydrogens is 436 g/mol. The van der Waals surface area contributed by atoms with Crippen molar-refractivity contribution in [3.05, 3.63) is 59.4 Å². The van der Waals surface area contributed by atoms with E-state index in [1.54, 1.807) is 34.9 Å². The third-order valence-corrected chi connectivity index (χ3v) is 6.58. The van der Waals surface area contributed by atoms with Gasteiger partial charge in [-0.1, -0.05) is 18.2 Å². The van der Waals surface area contributed by atoms with Crippen LogP contribution in [0, 0.1) is 4.77 Å². The molecule has 3 rings (SSSR count). The van der Waals surface area contributed by atoms with Crippen molar-refractivity contribution in [2.45, 2.75) is 24.8 Å². The number of ether oxygens (including phenoxy) is 1. The molecule has 0 aliphatic heterocycles. The molecule has 0 fully saturated rings. The van der Waals surface area contributed by atoms with Gasteiger partial charge in [-0.3, -0.25) is 14.5 Å². The van der Waals surface area contributed by atoms with Gasteiger partial charge in [0.15, 0.2) is 20.4 Å². The second-order valence-corrected chi connectivity index (χ2v) is 9.19. The molecule has 0 spiro atoms. The molecule has 0 unspecified atom stereocenters. The van der Waals surface area contributed by atoms with Gasteiger partial charge in [-0.25, -0.2) is 8.42 Å². The highest BCUT2D eigenvalue weighted by molar-refractivity contribution is 7.91. The van der Waals surface area contributed by atoms with Crippen molar-refractivity contribution in [2.24, 2.45) is 0 Å². The van der Waals surface area contributed by atoms with Crippen LogP contribution in [0.25, 0.3) is 11.4 Å². The highest BCUT2D eigenvalue weighted by atomic mass is 32.2. The quantitative estimate of drug-likeness (QED) is 0.451. The molecule has 31 heavy (non-hydrogen) atoms. The number of rotatable bonds is 10. The lowest BCUT2D eigenvalue weighted by atomic mass is 10.2. The van der Waals surface area contributed by atoms with Crippen LogP contribution in [0.5, 0.6) is 5.75 Å². The zero-order chi connectivity index (χ0) is 22.3. The number of sulfone groups is 1. The monoisotopic (exact) mass is 460 g/mol. The van der Waals surface area contributed by atoms with Crippen LogP contribution in [0.1, 0.15) is 13.3 Å². The third-order valence-electron chi connectivity index (χ3n) is 4.54. The molecule has 0 radical (unpaired) electrons. The minimum Gasteiger partial charge on any atom is -0.494 e. The molecule has 3 aromatic rings. The van der Waals surface area contributed by atoms with Crippen LogP contribution in [0.4, 0.5) is 0 Å². The van der Waals surface area contributed by atoms with Gasteiger partial charge in [0.2, 0.25) is 5.91 Å². The first-order valence-electron chi connectivity index (χ1n) is 9.83. The molecule has 2 N–H and O–H groups in total. The second kappa shape index (κ2) is 10.4. The Morgan fingerprint density at radius 2 is 1.87 bits per heavy atom. The number of carbonyl (C=O) groups is 1. The summed E-state index contributed by atoms with van der Waals surface area (Å²) in [6, 6.07) is 15.6. The maximum absolute atomic E-state index is 12.3. The van der Waals surface area contributed by atoms with Crippen molar-refractivity contribution in [2.75, 3.05) is 18.9 Å². The van der Waals surface area contributed by atoms with Crippen molar-refractivity contribution in [3.8, 4) is 17.1 Å². The molecule has 0 bridgehead atoms. The van der Waals surface area contributed by atoms with Gasteiger partial charge in [0.1, 0.15) is 5.75 Å². The molecule has 1 heterocycles. The molecule has 1 amide bonds. The van der Waals surface area contributed by atoms with Crippen LogP contribution < -0.4 is 10.1 Å². The van der Waals surface area contributed by atoms with Gasteiger partial charge in [0.25, 0.3) is 0 Å². The summed E-state index contributed by atoms with van der Waals surface area (Å²) in [5.74, 6) is 0.957. The van der Waals surface area contributed by atoms with E-state index >= 15 is 0 Å². The van der Waals surface area contributed by atoms with Gasteiger partial charge in [0, 0.05) is 25.1 Å². The topological polar surface area (TPSA) is 106 Å². The summed E-state index contributed by atoms with van der Waals surface area (Å²) in [4.78, 5) is 12.5. The third kappa shape index (κ3) is 6.02. The van der Waals surface area contributed by atoms with Crippen LogP contribution in [0.2, 0.25) is 0 Å². The lowest BCUT2D eigenvalue weighted by molar-refractivity contribution is -0.121. The first-order valence-corrected chi connectivity index (χ1v) is 11.9. The highest BCUT2D eigenvalue weighted by Gasteiger charge is 2.15. The fraction of sp³-hybridized carbons (Fsp3) is 0.286. The number of amides is 1. The normalized spacial score (nSPS) is 11.3. The molecule has 2 aromatic carbocycles. The Kier molecular flexibility index (Phi) is 7.59. The van der Waals surface area contributed by atoms with E-state index in [9.17, 15) is 13.2 Å². The first-order chi connectivity index (χ1) is 14.9. The van der Waals surface area contributed by atoms with E-state index in [0.29, 0.717) is 23.7 Å². The standard InChI is InChI=1S/C21H24N4O4S2/c1-2-29-17-10-8-16(9-11-17)20-23-24-21(30)25(20)14-12-19(26)22-13-15-31(27,28)18-6-4-3-5-7-18/h3-11H,2,12-15H2,1H3,(H,22,26)(H,24,30). The Balaban J connectivity index is 1.56. The van der Waals surface area contributed by atoms with Gasteiger partial charge in [0.05, 0.1) is 17.3 Å². The van der Waals surface area contributed by atoms with E-state index in [2.05, 4.69) is 15.5 Å². The summed E-state index contributed by atoms with van der Waals surface area (Å²) in [6.07, 6.45) is 0.142. The number of H-pyrrole nitrogens is 1. The second-order valence-electron chi connectivity index (χ2n) is 6.69. The van der Waals surface area contributed by atoms with E-state index in [0.717, 1.165) is 11.3 Å². The molecule has 10 heteroatoms. The van der Waals surface area contributed by atoms with E-state index in [-0.39, 0.29) is 29.5 Å². The van der Waals surface area contributed by atoms with Gasteiger partial charge in [-0.05, 0) is 55.5 Å². The molecule has 1 aromatic heterocycles. The maximum atomic E-state index is 12.3. The number of hydrogen-bond acceptors (Lipinski definition) is 6. The van der Waals surface area contributed by atoms with Crippen molar-refractivity contribution < 1.29 is 17.9 Å². The van der Waals surface area contributed by atoms with Crippen LogP contribution >= 0.6 is 12.2 Å². The number of hydrogen-bond donors (Lipinski definition) is 2. The van der Waals surface area contributed by atoms with E-state index in [1.165, 1.54) is 0 Å². The highest BCUT2D eigenvalue weighted by Crippen LogP contribution is 2.21. The summed E-state index contributed by atoms with van der Waals surface area (Å²) >= 11 is 5.29. The lowest BCUT2D eigenvalue weighted by Crippen LogP contribution is -2.29. The molecule has 164 valence electrons. The number of benzene rings is 2. The predicted octanol–water partition coefficient (Wildman–Crippen LogP) is 2.99. The Bertz CT molecular complexity index is 1170. The predicted molar refractivity (Wildman–Crippen MR) is 120 cm³/mol. The molecule has 8 nitrogen and oxygen atoms in total. The summed E-state index contributed by atoms with van der Waals surface area (Å²) < 4.78 is 32.2. The van der Waals surface area contributed by atoms with Crippen molar-refractivity contribution in [1.82, 2.24) is 20.1 Å². The molecule has 0 atom stereocenters. The summed E-state index contributed by atoms with van der Waals surface area (Å²) in [6.45, 7) is 2.86. The average Bonchev–Trinajstić information content (AvgIpc) is 3.14. The average molecular weight is 461 g/mol. The summed E-state index contributed by atoms with van der Waals surface area (Å²) in [7, 11) is -3.43. The van der Waals surface area contributed by atoms with Crippen molar-refractivity contribution >= 4 is 28.0 Å². The van der Waals surface area contributed by atoms with Gasteiger partial charge in [-0.15, -0.1) is 0 Å². The van der Waals surface area contributed by atoms with Crippen molar-refractivity contribution in [1.29, 1.82) is 0 Å². The molecule has 0 saturated carbocycles. The minimum atomic E-state index is -3.43. The molecule has 0 aliphatic carbocycles. The van der Waals surface area contributed by atoms with E-state index in [1.807, 2.05) is 31.2 Å². The molecule has 0 aliphatic rings. The zero-order valence-electron chi connectivity index (χ0n) is 17.1. The van der Waals surface area contributed by atoms with Crippen molar-refractivity contribution in [3.63, 3.8) is 0 Å². The van der Waals surface area contributed by atoms with Gasteiger partial charge in [-0.2, -0.15) is 5.10 Å². The Hall–Kier alpha value is -2.98. The number of aromatic amines is 1. The van der Waals surface area contributed by atoms with Gasteiger partial charge < -0.3 is 10.1 Å². The summed E-state index contributed by atoms with van der Waals surface area (Å²) in [5.41, 5.74) is 0.838. The minimum absolute atomic E-state index is 0.0403. The van der Waals surface area contributed by atoms with E-state index in [4.69, 9.17) is 17.0 Å². The zero-order valence-corrected chi connectivity index (χ0v) is 18.7.